The first kappa shape index (κ1) is 25.6. The number of hydrogen-bond donors (Lipinski definition) is 2. The first-order valence-corrected chi connectivity index (χ1v) is 14.8. The molecule has 36 heavy (non-hydrogen) atoms. The molecule has 1 heterocycles. The van der Waals surface area contributed by atoms with Crippen molar-refractivity contribution >= 4 is 42.9 Å². The molecule has 0 saturated heterocycles. The summed E-state index contributed by atoms with van der Waals surface area (Å²) in [6.45, 7) is 0. The van der Waals surface area contributed by atoms with Crippen LogP contribution in [-0.4, -0.2) is 27.9 Å². The van der Waals surface area contributed by atoms with Crippen LogP contribution in [0.4, 0.5) is 5.69 Å². The minimum atomic E-state index is -4.00. The Morgan fingerprint density at radius 1 is 0.750 bits per heavy atom. The predicted molar refractivity (Wildman–Crippen MR) is 139 cm³/mol. The molecule has 0 unspecified atom stereocenters. The summed E-state index contributed by atoms with van der Waals surface area (Å²) in [6, 6.07) is 24.2. The third-order valence-corrected chi connectivity index (χ3v) is 10.7. The maximum atomic E-state index is 13.1. The first-order valence-electron chi connectivity index (χ1n) is 11.0. The van der Waals surface area contributed by atoms with Gasteiger partial charge in [0.2, 0.25) is 9.84 Å². The van der Waals surface area contributed by atoms with Gasteiger partial charge in [-0.15, -0.1) is 11.3 Å². The molecule has 0 bridgehead atoms. The number of thiophene rings is 1. The highest BCUT2D eigenvalue weighted by Crippen LogP contribution is 2.31. The molecule has 3 aromatic carbocycles. The number of carboxylic acids is 1. The van der Waals surface area contributed by atoms with Crippen LogP contribution in [0.25, 0.3) is 0 Å². The van der Waals surface area contributed by atoms with Crippen molar-refractivity contribution in [3.8, 4) is 0 Å². The van der Waals surface area contributed by atoms with E-state index in [-0.39, 0.29) is 18.9 Å². The van der Waals surface area contributed by atoms with Crippen molar-refractivity contribution in [1.82, 2.24) is 0 Å². The number of rotatable bonds is 10. The summed E-state index contributed by atoms with van der Waals surface area (Å²) >= 11 is 0.705. The summed E-state index contributed by atoms with van der Waals surface area (Å²) in [5.41, 5.74) is 2.45. The van der Waals surface area contributed by atoms with E-state index < -0.39 is 25.8 Å². The van der Waals surface area contributed by atoms with Gasteiger partial charge in [-0.2, -0.15) is 0 Å². The van der Waals surface area contributed by atoms with Crippen molar-refractivity contribution in [1.29, 1.82) is 0 Å². The molecule has 0 fully saturated rings. The zero-order chi connectivity index (χ0) is 25.8. The lowest BCUT2D eigenvalue weighted by Crippen LogP contribution is -2.13. The Morgan fingerprint density at radius 2 is 1.39 bits per heavy atom. The topological polar surface area (TPSA) is 118 Å². The zero-order valence-corrected chi connectivity index (χ0v) is 21.4. The molecule has 0 saturated carbocycles. The smallest absolute Gasteiger partial charge is 0.335 e. The number of sulfone groups is 1. The molecule has 7 nitrogen and oxygen atoms in total. The molecule has 2 N–H and O–H groups in total. The summed E-state index contributed by atoms with van der Waals surface area (Å²) in [7, 11) is -7.81. The molecule has 0 aliphatic rings. The Hall–Kier alpha value is -3.47. The van der Waals surface area contributed by atoms with Gasteiger partial charge in [0.05, 0.1) is 16.1 Å². The SMILES string of the molecule is O=C(O)c1ccc(CCCc2ccccc2NS(=O)(=O)c2ccc(S(=O)(=O)c3ccccc3)s2)cc1. The second kappa shape index (κ2) is 10.7. The zero-order valence-electron chi connectivity index (χ0n) is 19.0. The summed E-state index contributed by atoms with van der Waals surface area (Å²) in [4.78, 5) is 11.1. The molecule has 0 spiro atoms. The number of anilines is 1. The van der Waals surface area contributed by atoms with E-state index in [2.05, 4.69) is 4.72 Å². The van der Waals surface area contributed by atoms with Gasteiger partial charge in [-0.05, 0) is 72.9 Å². The Kier molecular flexibility index (Phi) is 7.58. The van der Waals surface area contributed by atoms with Gasteiger partial charge >= 0.3 is 5.97 Å². The maximum absolute atomic E-state index is 13.1. The van der Waals surface area contributed by atoms with Crippen LogP contribution < -0.4 is 4.72 Å². The second-order valence-corrected chi connectivity index (χ2v) is 13.2. The molecule has 0 atom stereocenters. The highest BCUT2D eigenvalue weighted by molar-refractivity contribution is 7.96. The van der Waals surface area contributed by atoms with Crippen LogP contribution in [0, 0.1) is 0 Å². The Morgan fingerprint density at radius 3 is 2.08 bits per heavy atom. The van der Waals surface area contributed by atoms with Crippen LogP contribution in [-0.2, 0) is 32.7 Å². The van der Waals surface area contributed by atoms with Crippen LogP contribution in [0.2, 0.25) is 0 Å². The Balaban J connectivity index is 1.47. The molecule has 186 valence electrons. The molecule has 0 radical (unpaired) electrons. The number of carbonyl (C=O) groups is 1. The van der Waals surface area contributed by atoms with Gasteiger partial charge in [0.1, 0.15) is 8.42 Å². The van der Waals surface area contributed by atoms with E-state index in [1.807, 2.05) is 12.1 Å². The third-order valence-electron chi connectivity index (χ3n) is 5.51. The lowest BCUT2D eigenvalue weighted by molar-refractivity contribution is 0.0697. The number of aromatic carboxylic acids is 1. The molecule has 1 aromatic heterocycles. The van der Waals surface area contributed by atoms with E-state index >= 15 is 0 Å². The third kappa shape index (κ3) is 5.84. The fourth-order valence-corrected chi connectivity index (χ4v) is 7.93. The largest absolute Gasteiger partial charge is 0.478 e. The Labute approximate surface area is 214 Å². The van der Waals surface area contributed by atoms with Crippen molar-refractivity contribution in [3.63, 3.8) is 0 Å². The van der Waals surface area contributed by atoms with Crippen molar-refractivity contribution in [2.24, 2.45) is 0 Å². The summed E-state index contributed by atoms with van der Waals surface area (Å²) < 4.78 is 54.3. The first-order chi connectivity index (χ1) is 17.2. The van der Waals surface area contributed by atoms with Gasteiger partial charge in [0.15, 0.2) is 0 Å². The molecule has 0 aliphatic carbocycles. The van der Waals surface area contributed by atoms with Crippen molar-refractivity contribution in [2.45, 2.75) is 32.6 Å². The van der Waals surface area contributed by atoms with Crippen LogP contribution in [0.5, 0.6) is 0 Å². The summed E-state index contributed by atoms with van der Waals surface area (Å²) in [5.74, 6) is -0.974. The van der Waals surface area contributed by atoms with Crippen LogP contribution in [0.3, 0.4) is 0 Å². The molecular weight excluding hydrogens is 518 g/mol. The monoisotopic (exact) mass is 541 g/mol. The van der Waals surface area contributed by atoms with Crippen molar-refractivity contribution in [2.75, 3.05) is 4.72 Å². The van der Waals surface area contributed by atoms with Crippen molar-refractivity contribution < 1.29 is 26.7 Å². The average molecular weight is 542 g/mol. The number of benzene rings is 3. The van der Waals surface area contributed by atoms with Gasteiger partial charge < -0.3 is 5.11 Å². The lowest BCUT2D eigenvalue weighted by Gasteiger charge is -2.12. The van der Waals surface area contributed by atoms with Crippen molar-refractivity contribution in [3.05, 3.63) is 108 Å². The summed E-state index contributed by atoms with van der Waals surface area (Å²) in [6.07, 6.45) is 2.02. The lowest BCUT2D eigenvalue weighted by atomic mass is 10.0. The summed E-state index contributed by atoms with van der Waals surface area (Å²) in [5, 5.41) is 9.01. The molecule has 0 aliphatic heterocycles. The maximum Gasteiger partial charge on any atom is 0.335 e. The van der Waals surface area contributed by atoms with Crippen LogP contribution >= 0.6 is 11.3 Å². The molecular formula is C26H23NO6S3. The van der Waals surface area contributed by atoms with E-state index in [9.17, 15) is 21.6 Å². The molecule has 10 heteroatoms. The quantitative estimate of drug-likeness (QED) is 0.283. The van der Waals surface area contributed by atoms with Gasteiger partial charge in [-0.25, -0.2) is 21.6 Å². The van der Waals surface area contributed by atoms with Gasteiger partial charge in [0.25, 0.3) is 10.0 Å². The second-order valence-electron chi connectivity index (χ2n) is 8.01. The number of para-hydroxylation sites is 1. The fourth-order valence-electron chi connectivity index (χ4n) is 3.64. The van der Waals surface area contributed by atoms with E-state index in [0.717, 1.165) is 17.5 Å². The number of nitrogens with one attached hydrogen (secondary N) is 1. The molecule has 0 amide bonds. The van der Waals surface area contributed by atoms with E-state index in [0.29, 0.717) is 29.9 Å². The number of carboxylic acid groups (broad SMARTS) is 1. The van der Waals surface area contributed by atoms with Gasteiger partial charge in [-0.3, -0.25) is 4.72 Å². The van der Waals surface area contributed by atoms with Gasteiger partial charge in [0, 0.05) is 0 Å². The minimum Gasteiger partial charge on any atom is -0.478 e. The number of hydrogen-bond acceptors (Lipinski definition) is 6. The molecule has 4 aromatic rings. The fraction of sp³-hybridized carbons (Fsp3) is 0.115. The van der Waals surface area contributed by atoms with Gasteiger partial charge in [-0.1, -0.05) is 48.5 Å². The highest BCUT2D eigenvalue weighted by atomic mass is 32.3. The predicted octanol–water partition coefficient (Wildman–Crippen LogP) is 5.26. The van der Waals surface area contributed by atoms with Crippen LogP contribution in [0.1, 0.15) is 27.9 Å². The minimum absolute atomic E-state index is 0.0451. The van der Waals surface area contributed by atoms with Crippen LogP contribution in [0.15, 0.2) is 104 Å². The highest BCUT2D eigenvalue weighted by Gasteiger charge is 2.24. The normalized spacial score (nSPS) is 11.8. The number of aryl methyl sites for hydroxylation is 2. The molecule has 4 rings (SSSR count). The van der Waals surface area contributed by atoms with E-state index in [1.54, 1.807) is 54.6 Å². The van der Waals surface area contributed by atoms with E-state index in [4.69, 9.17) is 5.11 Å². The van der Waals surface area contributed by atoms with E-state index in [1.165, 1.54) is 24.3 Å². The number of sulfonamides is 1. The Bertz CT molecular complexity index is 1580. The average Bonchev–Trinajstić information content (AvgIpc) is 3.38. The standard InChI is InChI=1S/C26H23NO6S3/c28-26(29)21-15-13-19(14-16-21)7-6-9-20-8-4-5-12-23(20)27-36(32,33)25-18-17-24(34-25)35(30,31)22-10-2-1-3-11-22/h1-5,8,10-18,27H,6-7,9H2,(H,28,29).